The molecule has 0 atom stereocenters. The molecule has 58 heavy (non-hydrogen) atoms. The predicted octanol–water partition coefficient (Wildman–Crippen LogP) is 7.48. The first-order valence-corrected chi connectivity index (χ1v) is 28.9. The summed E-state index contributed by atoms with van der Waals surface area (Å²) >= 11 is -3.33. The van der Waals surface area contributed by atoms with Crippen LogP contribution in [0.4, 0.5) is 0 Å². The van der Waals surface area contributed by atoms with Gasteiger partial charge in [0, 0.05) is 0 Å². The van der Waals surface area contributed by atoms with Gasteiger partial charge in [-0.25, -0.2) is 0 Å². The van der Waals surface area contributed by atoms with E-state index in [4.69, 9.17) is 0 Å². The van der Waals surface area contributed by atoms with Crippen molar-refractivity contribution in [2.45, 2.75) is 0 Å². The summed E-state index contributed by atoms with van der Waals surface area (Å²) in [4.78, 5) is 0. The zero-order valence-electron chi connectivity index (χ0n) is 32.0. The number of rotatable bonds is 12. The molecule has 4 heteroatoms. The summed E-state index contributed by atoms with van der Waals surface area (Å²) in [5.41, 5.74) is 0. The monoisotopic (exact) mass is 992 g/mol. The molecular weight excluding hydrogens is 950 g/mol. The van der Waals surface area contributed by atoms with Gasteiger partial charge in [0.15, 0.2) is 0 Å². The van der Waals surface area contributed by atoms with Crippen molar-refractivity contribution in [2.24, 2.45) is 0 Å². The molecule has 9 rings (SSSR count). The molecule has 278 valence electrons. The van der Waals surface area contributed by atoms with Crippen LogP contribution in [0, 0.1) is 0 Å². The van der Waals surface area contributed by atoms with Gasteiger partial charge in [-0.3, -0.25) is 0 Å². The van der Waals surface area contributed by atoms with Crippen LogP contribution >= 0.6 is 23.8 Å². The van der Waals surface area contributed by atoms with Crippen LogP contribution in [0.5, 0.6) is 0 Å². The van der Waals surface area contributed by atoms with E-state index in [9.17, 15) is 0 Å². The van der Waals surface area contributed by atoms with Crippen molar-refractivity contribution >= 4 is 103 Å². The summed E-state index contributed by atoms with van der Waals surface area (Å²) < 4.78 is 4.68. The predicted molar refractivity (Wildman–Crippen MR) is 260 cm³/mol. The van der Waals surface area contributed by atoms with E-state index in [1.54, 1.807) is 9.81 Å². The van der Waals surface area contributed by atoms with E-state index in [1.807, 2.05) is 0 Å². The molecule has 0 nitrogen and oxygen atoms in total. The van der Waals surface area contributed by atoms with Crippen LogP contribution in [0.3, 0.4) is 0 Å². The molecule has 0 saturated heterocycles. The van der Waals surface area contributed by atoms with Gasteiger partial charge >= 0.3 is 358 Å². The van der Waals surface area contributed by atoms with Gasteiger partial charge in [-0.2, -0.15) is 0 Å². The van der Waals surface area contributed by atoms with E-state index >= 15 is 0 Å². The quantitative estimate of drug-likeness (QED) is 0.0882. The second-order valence-corrected chi connectivity index (χ2v) is 28.6. The van der Waals surface area contributed by atoms with E-state index in [1.165, 1.54) is 47.7 Å². The fourth-order valence-corrected chi connectivity index (χ4v) is 30.1. The molecule has 0 aliphatic rings. The van der Waals surface area contributed by atoms with E-state index in [0.717, 1.165) is 0 Å². The standard InChI is InChI=1S/3C18H14P.Bi/c3*1-4-10-16(11-5-1)19(17-12-6-2-7-13-17)18-14-8-3-9-15-18;/h3*1-14H;. The molecule has 0 aromatic heterocycles. The molecule has 9 aromatic carbocycles. The molecule has 0 radical (unpaired) electrons. The molecule has 0 unspecified atom stereocenters. The molecule has 0 fully saturated rings. The number of hydrogen-bond donors (Lipinski definition) is 0. The zero-order valence-corrected chi connectivity index (χ0v) is 38.2. The summed E-state index contributed by atoms with van der Waals surface area (Å²) in [7, 11) is -2.53. The van der Waals surface area contributed by atoms with Gasteiger partial charge in [0.1, 0.15) is 0 Å². The molecule has 0 saturated carbocycles. The van der Waals surface area contributed by atoms with Crippen molar-refractivity contribution in [3.05, 3.63) is 255 Å². The average Bonchev–Trinajstić information content (AvgIpc) is 3.30. The zero-order chi connectivity index (χ0) is 38.9. The molecule has 0 aliphatic carbocycles. The van der Waals surface area contributed by atoms with Crippen molar-refractivity contribution in [1.29, 1.82) is 0 Å². The van der Waals surface area contributed by atoms with E-state index in [2.05, 4.69) is 255 Å². The summed E-state index contributed by atoms with van der Waals surface area (Å²) in [5.74, 6) is 0. The van der Waals surface area contributed by atoms with Crippen LogP contribution in [-0.2, 0) is 0 Å². The van der Waals surface area contributed by atoms with Crippen molar-refractivity contribution < 1.29 is 0 Å². The van der Waals surface area contributed by atoms with Crippen LogP contribution in [0.25, 0.3) is 0 Å². The first-order chi connectivity index (χ1) is 28.8. The Morgan fingerprint density at radius 3 is 0.569 bits per heavy atom. The fourth-order valence-electron chi connectivity index (χ4n) is 7.66. The Balaban J connectivity index is 1.36. The Hall–Kier alpha value is -4.85. The second kappa shape index (κ2) is 18.8. The molecule has 9 aromatic rings. The van der Waals surface area contributed by atoms with E-state index in [-0.39, 0.29) is 0 Å². The van der Waals surface area contributed by atoms with Crippen molar-refractivity contribution in [1.82, 2.24) is 0 Å². The minimum absolute atomic E-state index is 0.844. The summed E-state index contributed by atoms with van der Waals surface area (Å²) in [6, 6.07) is 96.2. The molecule has 0 bridgehead atoms. The van der Waals surface area contributed by atoms with Crippen molar-refractivity contribution in [3.8, 4) is 0 Å². The maximum absolute atomic E-state index is 3.33. The van der Waals surface area contributed by atoms with Gasteiger partial charge in [0.2, 0.25) is 0 Å². The van der Waals surface area contributed by atoms with Crippen molar-refractivity contribution in [2.75, 3.05) is 0 Å². The fraction of sp³-hybridized carbons (Fsp3) is 0. The van der Waals surface area contributed by atoms with Gasteiger partial charge in [-0.05, 0) is 0 Å². The Labute approximate surface area is 355 Å². The third-order valence-corrected chi connectivity index (χ3v) is 30.0. The van der Waals surface area contributed by atoms with E-state index in [0.29, 0.717) is 0 Å². The van der Waals surface area contributed by atoms with Crippen LogP contribution in [0.2, 0.25) is 0 Å². The number of benzene rings is 9. The minimum atomic E-state index is -3.33. The Morgan fingerprint density at radius 1 is 0.190 bits per heavy atom. The third-order valence-electron chi connectivity index (χ3n) is 10.2. The first-order valence-electron chi connectivity index (χ1n) is 19.6. The van der Waals surface area contributed by atoms with Gasteiger partial charge < -0.3 is 0 Å². The van der Waals surface area contributed by atoms with Gasteiger partial charge in [-0.1, -0.05) is 0 Å². The SMILES string of the molecule is c1ccc(P(c2ccccc2)c2cccc[c]2[Bi]([c]2ccccc2P(c2ccccc2)c2ccccc2)[c]2ccccc2P(c2ccccc2)c2ccccc2)cc1. The molecule has 0 N–H and O–H groups in total. The molecule has 0 heterocycles. The first kappa shape index (κ1) is 38.7. The van der Waals surface area contributed by atoms with Gasteiger partial charge in [-0.15, -0.1) is 0 Å². The Bertz CT molecular complexity index is 2260. The Morgan fingerprint density at radius 2 is 0.362 bits per heavy atom. The topological polar surface area (TPSA) is 0 Å². The van der Waals surface area contributed by atoms with Crippen LogP contribution in [0.1, 0.15) is 0 Å². The average molecular weight is 993 g/mol. The van der Waals surface area contributed by atoms with Crippen LogP contribution < -0.4 is 57.6 Å². The van der Waals surface area contributed by atoms with Crippen LogP contribution in [-0.4, -0.2) is 21.8 Å². The van der Waals surface area contributed by atoms with Crippen LogP contribution in [0.15, 0.2) is 255 Å². The molecule has 0 aliphatic heterocycles. The third kappa shape index (κ3) is 8.35. The molecular formula is C54H42BiP3. The van der Waals surface area contributed by atoms with Crippen molar-refractivity contribution in [3.63, 3.8) is 0 Å². The summed E-state index contributed by atoms with van der Waals surface area (Å²) in [5, 5.41) is 12.7. The maximum atomic E-state index is 2.52. The van der Waals surface area contributed by atoms with Gasteiger partial charge in [0.25, 0.3) is 0 Å². The molecule has 0 amide bonds. The second-order valence-electron chi connectivity index (χ2n) is 13.8. The normalized spacial score (nSPS) is 11.4. The summed E-state index contributed by atoms with van der Waals surface area (Å²) in [6.07, 6.45) is 0. The summed E-state index contributed by atoms with van der Waals surface area (Å²) in [6.45, 7) is 0. The number of hydrogen-bond acceptors (Lipinski definition) is 0. The Kier molecular flexibility index (Phi) is 12.5. The van der Waals surface area contributed by atoms with Gasteiger partial charge in [0.05, 0.1) is 0 Å². The molecule has 0 spiro atoms. The van der Waals surface area contributed by atoms with E-state index < -0.39 is 45.5 Å².